The maximum Gasteiger partial charge on any atom is 0.299 e. The van der Waals surface area contributed by atoms with Gasteiger partial charge in [-0.25, -0.2) is 4.39 Å². The Morgan fingerprint density at radius 1 is 1.44 bits per heavy atom. The molecule has 1 aromatic carbocycles. The lowest BCUT2D eigenvalue weighted by Crippen LogP contribution is -2.30. The van der Waals surface area contributed by atoms with E-state index in [9.17, 15) is 12.8 Å². The Hall–Kier alpha value is -1.62. The van der Waals surface area contributed by atoms with Crippen molar-refractivity contribution in [2.24, 2.45) is 5.73 Å². The summed E-state index contributed by atoms with van der Waals surface area (Å²) in [5.74, 6) is 4.66. The van der Waals surface area contributed by atoms with Crippen LogP contribution in [-0.2, 0) is 10.2 Å². The topological polar surface area (TPSA) is 84.2 Å². The van der Waals surface area contributed by atoms with Gasteiger partial charge in [-0.05, 0) is 18.2 Å². The minimum atomic E-state index is -3.67. The Kier molecular flexibility index (Phi) is 5.09. The maximum absolute atomic E-state index is 13.1. The molecule has 1 rings (SSSR count). The number of anilines is 1. The van der Waals surface area contributed by atoms with Crippen LogP contribution in [0.3, 0.4) is 0 Å². The highest BCUT2D eigenvalue weighted by Gasteiger charge is 2.10. The summed E-state index contributed by atoms with van der Waals surface area (Å²) < 4.78 is 40.6. The zero-order chi connectivity index (χ0) is 13.6. The fourth-order valence-electron chi connectivity index (χ4n) is 1.23. The molecule has 0 saturated carbocycles. The van der Waals surface area contributed by atoms with Crippen molar-refractivity contribution in [1.82, 2.24) is 4.72 Å². The highest BCUT2D eigenvalue weighted by atomic mass is 32.2. The molecule has 0 unspecified atom stereocenters. The normalized spacial score (nSPS) is 10.6. The zero-order valence-electron chi connectivity index (χ0n) is 9.83. The molecule has 0 atom stereocenters. The summed E-state index contributed by atoms with van der Waals surface area (Å²) in [7, 11) is -3.67. The smallest absolute Gasteiger partial charge is 0.299 e. The molecule has 0 heterocycles. The molecule has 7 heteroatoms. The van der Waals surface area contributed by atoms with Gasteiger partial charge in [-0.3, -0.25) is 4.72 Å². The van der Waals surface area contributed by atoms with E-state index in [0.29, 0.717) is 0 Å². The van der Waals surface area contributed by atoms with Crippen LogP contribution in [0.4, 0.5) is 10.1 Å². The molecular formula is C11H14FN3O2S. The second-order valence-electron chi connectivity index (χ2n) is 3.30. The molecule has 0 spiro atoms. The minimum absolute atomic E-state index is 0.107. The SMILES string of the molecule is CCNS(=O)(=O)Nc1ccc(F)cc1C#CCN. The van der Waals surface area contributed by atoms with Crippen LogP contribution in [-0.4, -0.2) is 21.5 Å². The molecule has 5 nitrogen and oxygen atoms in total. The summed E-state index contributed by atoms with van der Waals surface area (Å²) in [4.78, 5) is 0. The molecule has 0 aliphatic heterocycles. The summed E-state index contributed by atoms with van der Waals surface area (Å²) in [5, 5.41) is 0. The van der Waals surface area contributed by atoms with Crippen molar-refractivity contribution >= 4 is 15.9 Å². The van der Waals surface area contributed by atoms with Crippen LogP contribution in [0.2, 0.25) is 0 Å². The maximum atomic E-state index is 13.1. The summed E-state index contributed by atoms with van der Waals surface area (Å²) >= 11 is 0. The second-order valence-corrected chi connectivity index (χ2v) is 4.80. The average molecular weight is 271 g/mol. The molecule has 0 fully saturated rings. The van der Waals surface area contributed by atoms with E-state index in [1.807, 2.05) is 0 Å². The Labute approximate surface area is 106 Å². The number of halogens is 1. The third-order valence-corrected chi connectivity index (χ3v) is 3.04. The van der Waals surface area contributed by atoms with Crippen LogP contribution in [0, 0.1) is 17.7 Å². The predicted molar refractivity (Wildman–Crippen MR) is 68.6 cm³/mol. The lowest BCUT2D eigenvalue weighted by atomic mass is 10.2. The fourth-order valence-corrected chi connectivity index (χ4v) is 2.15. The molecule has 0 aliphatic carbocycles. The highest BCUT2D eigenvalue weighted by Crippen LogP contribution is 2.16. The first-order valence-electron chi connectivity index (χ1n) is 5.24. The molecule has 0 aromatic heterocycles. The minimum Gasteiger partial charge on any atom is -0.320 e. The van der Waals surface area contributed by atoms with Crippen LogP contribution < -0.4 is 15.2 Å². The van der Waals surface area contributed by atoms with Gasteiger partial charge in [0.2, 0.25) is 0 Å². The van der Waals surface area contributed by atoms with Gasteiger partial charge in [-0.1, -0.05) is 18.8 Å². The van der Waals surface area contributed by atoms with Gasteiger partial charge in [0.25, 0.3) is 10.2 Å². The van der Waals surface area contributed by atoms with Crippen molar-refractivity contribution in [3.63, 3.8) is 0 Å². The molecule has 0 radical (unpaired) electrons. The van der Waals surface area contributed by atoms with E-state index in [1.54, 1.807) is 6.92 Å². The molecule has 18 heavy (non-hydrogen) atoms. The number of nitrogens with one attached hydrogen (secondary N) is 2. The van der Waals surface area contributed by atoms with Gasteiger partial charge in [0.1, 0.15) is 5.82 Å². The van der Waals surface area contributed by atoms with E-state index >= 15 is 0 Å². The van der Waals surface area contributed by atoms with Gasteiger partial charge in [-0.15, -0.1) is 0 Å². The van der Waals surface area contributed by atoms with Crippen LogP contribution in [0.25, 0.3) is 0 Å². The number of nitrogens with two attached hydrogens (primary N) is 1. The van der Waals surface area contributed by atoms with Gasteiger partial charge in [-0.2, -0.15) is 13.1 Å². The Bertz CT molecular complexity index is 576. The first kappa shape index (κ1) is 14.4. The first-order valence-corrected chi connectivity index (χ1v) is 6.72. The first-order chi connectivity index (χ1) is 8.48. The summed E-state index contributed by atoms with van der Waals surface area (Å²) in [5.41, 5.74) is 5.67. The standard InChI is InChI=1S/C11H14FN3O2S/c1-2-14-18(16,17)15-11-6-5-10(12)8-9(11)4-3-7-13/h5-6,8,14-15H,2,7,13H2,1H3. The third kappa shape index (κ3) is 4.33. The average Bonchev–Trinajstić information content (AvgIpc) is 2.29. The zero-order valence-corrected chi connectivity index (χ0v) is 10.6. The number of benzene rings is 1. The van der Waals surface area contributed by atoms with Gasteiger partial charge in [0, 0.05) is 6.54 Å². The van der Waals surface area contributed by atoms with Crippen molar-refractivity contribution in [1.29, 1.82) is 0 Å². The number of hydrogen-bond donors (Lipinski definition) is 3. The Morgan fingerprint density at radius 2 is 2.17 bits per heavy atom. The number of hydrogen-bond acceptors (Lipinski definition) is 3. The molecule has 0 bridgehead atoms. The van der Waals surface area contributed by atoms with E-state index in [2.05, 4.69) is 21.3 Å². The fraction of sp³-hybridized carbons (Fsp3) is 0.273. The predicted octanol–water partition coefficient (Wildman–Crippen LogP) is 0.402. The molecule has 4 N–H and O–H groups in total. The molecule has 0 aliphatic rings. The van der Waals surface area contributed by atoms with Crippen molar-refractivity contribution < 1.29 is 12.8 Å². The Balaban J connectivity index is 3.09. The molecule has 0 saturated heterocycles. The third-order valence-electron chi connectivity index (χ3n) is 1.89. The number of rotatable bonds is 4. The molecule has 0 amide bonds. The highest BCUT2D eigenvalue weighted by molar-refractivity contribution is 7.90. The lowest BCUT2D eigenvalue weighted by Gasteiger charge is -2.09. The summed E-state index contributed by atoms with van der Waals surface area (Å²) in [6.07, 6.45) is 0. The van der Waals surface area contributed by atoms with Crippen molar-refractivity contribution in [2.45, 2.75) is 6.92 Å². The van der Waals surface area contributed by atoms with Gasteiger partial charge in [0.15, 0.2) is 0 Å². The summed E-state index contributed by atoms with van der Waals surface area (Å²) in [6.45, 7) is 2.01. The van der Waals surface area contributed by atoms with E-state index in [4.69, 9.17) is 5.73 Å². The van der Waals surface area contributed by atoms with Crippen molar-refractivity contribution in [2.75, 3.05) is 17.8 Å². The van der Waals surface area contributed by atoms with E-state index in [0.717, 1.165) is 12.1 Å². The van der Waals surface area contributed by atoms with E-state index < -0.39 is 16.0 Å². The quantitative estimate of drug-likeness (QED) is 0.693. The molecular weight excluding hydrogens is 257 g/mol. The van der Waals surface area contributed by atoms with Crippen LogP contribution in [0.5, 0.6) is 0 Å². The van der Waals surface area contributed by atoms with Crippen LogP contribution >= 0.6 is 0 Å². The van der Waals surface area contributed by atoms with Crippen LogP contribution in [0.15, 0.2) is 18.2 Å². The van der Waals surface area contributed by atoms with E-state index in [1.165, 1.54) is 6.07 Å². The van der Waals surface area contributed by atoms with Crippen molar-refractivity contribution in [3.8, 4) is 11.8 Å². The second kappa shape index (κ2) is 6.35. The lowest BCUT2D eigenvalue weighted by molar-refractivity contribution is 0.589. The molecule has 98 valence electrons. The Morgan fingerprint density at radius 3 is 2.78 bits per heavy atom. The largest absolute Gasteiger partial charge is 0.320 e. The van der Waals surface area contributed by atoms with Gasteiger partial charge < -0.3 is 5.73 Å². The van der Waals surface area contributed by atoms with Crippen LogP contribution in [0.1, 0.15) is 12.5 Å². The van der Waals surface area contributed by atoms with Crippen molar-refractivity contribution in [3.05, 3.63) is 29.6 Å². The van der Waals surface area contributed by atoms with Gasteiger partial charge in [0.05, 0.1) is 17.8 Å². The van der Waals surface area contributed by atoms with E-state index in [-0.39, 0.29) is 24.3 Å². The monoisotopic (exact) mass is 271 g/mol. The van der Waals surface area contributed by atoms with Gasteiger partial charge >= 0.3 is 0 Å². The summed E-state index contributed by atoms with van der Waals surface area (Å²) in [6, 6.07) is 3.61. The molecule has 1 aromatic rings.